The average Bonchev–Trinajstić information content (AvgIpc) is 2.53. The van der Waals surface area contributed by atoms with E-state index in [9.17, 15) is 13.7 Å². The van der Waals surface area contributed by atoms with Crippen LogP contribution in [0.1, 0.15) is 11.9 Å². The van der Waals surface area contributed by atoms with Crippen LogP contribution in [0.3, 0.4) is 0 Å². The highest BCUT2D eigenvalue weighted by molar-refractivity contribution is 14.1. The highest BCUT2D eigenvalue weighted by Crippen LogP contribution is 2.38. The van der Waals surface area contributed by atoms with Crippen molar-refractivity contribution in [1.82, 2.24) is 0 Å². The molecule has 122 valence electrons. The number of nitroso groups, excluding NO2 is 1. The zero-order valence-corrected chi connectivity index (χ0v) is 14.4. The Labute approximate surface area is 145 Å². The van der Waals surface area contributed by atoms with Crippen molar-refractivity contribution in [3.8, 4) is 0 Å². The number of nitrogens with one attached hydrogen (secondary N) is 1. The van der Waals surface area contributed by atoms with Crippen molar-refractivity contribution in [3.63, 3.8) is 0 Å². The molecule has 0 aliphatic rings. The second-order valence-corrected chi connectivity index (χ2v) is 5.74. The molecule has 2 aromatic carbocycles. The van der Waals surface area contributed by atoms with Gasteiger partial charge in [0, 0.05) is 17.8 Å². The Morgan fingerprint density at radius 2 is 1.83 bits per heavy atom. The molecule has 0 aromatic heterocycles. The summed E-state index contributed by atoms with van der Waals surface area (Å²) in [7, 11) is 2.65. The van der Waals surface area contributed by atoms with Gasteiger partial charge in [-0.2, -0.15) is 0 Å². The molecule has 0 radical (unpaired) electrons. The van der Waals surface area contributed by atoms with E-state index in [1.54, 1.807) is 6.07 Å². The van der Waals surface area contributed by atoms with Crippen LogP contribution >= 0.6 is 22.6 Å². The lowest BCUT2D eigenvalue weighted by Crippen LogP contribution is -2.10. The SMILES string of the molecule is COC(OC)c1c(F)ccc(N=O)c1Nc1ccc(I)cc1F. The van der Waals surface area contributed by atoms with Gasteiger partial charge in [0.1, 0.15) is 17.3 Å². The summed E-state index contributed by atoms with van der Waals surface area (Å²) in [5.74, 6) is -1.21. The Morgan fingerprint density at radius 3 is 2.39 bits per heavy atom. The molecule has 2 rings (SSSR count). The minimum atomic E-state index is -1.08. The molecule has 5 nitrogen and oxygen atoms in total. The first-order valence-electron chi connectivity index (χ1n) is 6.45. The molecule has 23 heavy (non-hydrogen) atoms. The van der Waals surface area contributed by atoms with E-state index in [0.29, 0.717) is 3.57 Å². The maximum Gasteiger partial charge on any atom is 0.188 e. The van der Waals surface area contributed by atoms with Gasteiger partial charge in [0.2, 0.25) is 0 Å². The van der Waals surface area contributed by atoms with E-state index in [-0.39, 0.29) is 22.6 Å². The highest BCUT2D eigenvalue weighted by atomic mass is 127. The lowest BCUT2D eigenvalue weighted by Gasteiger charge is -2.20. The predicted octanol–water partition coefficient (Wildman–Crippen LogP) is 5.00. The molecule has 2 aromatic rings. The van der Waals surface area contributed by atoms with E-state index in [4.69, 9.17) is 9.47 Å². The van der Waals surface area contributed by atoms with Crippen LogP contribution in [0.4, 0.5) is 25.8 Å². The van der Waals surface area contributed by atoms with Gasteiger partial charge in [-0.25, -0.2) is 8.78 Å². The van der Waals surface area contributed by atoms with Gasteiger partial charge in [0.25, 0.3) is 0 Å². The minimum Gasteiger partial charge on any atom is -0.351 e. The van der Waals surface area contributed by atoms with Crippen LogP contribution in [0, 0.1) is 20.1 Å². The van der Waals surface area contributed by atoms with Gasteiger partial charge < -0.3 is 14.8 Å². The minimum absolute atomic E-state index is 0.00573. The quantitative estimate of drug-likeness (QED) is 0.395. The molecule has 0 spiro atoms. The van der Waals surface area contributed by atoms with Crippen LogP contribution < -0.4 is 5.32 Å². The Morgan fingerprint density at radius 1 is 1.13 bits per heavy atom. The predicted molar refractivity (Wildman–Crippen MR) is 91.0 cm³/mol. The van der Waals surface area contributed by atoms with Crippen molar-refractivity contribution in [1.29, 1.82) is 0 Å². The number of anilines is 2. The second kappa shape index (κ2) is 7.75. The molecule has 0 amide bonds. The van der Waals surface area contributed by atoms with Crippen LogP contribution in [0.15, 0.2) is 35.5 Å². The van der Waals surface area contributed by atoms with Gasteiger partial charge in [-0.05, 0) is 58.1 Å². The van der Waals surface area contributed by atoms with Crippen LogP contribution in [-0.2, 0) is 9.47 Å². The fourth-order valence-corrected chi connectivity index (χ4v) is 2.53. The molecule has 0 bridgehead atoms. The number of methoxy groups -OCH3 is 2. The summed E-state index contributed by atoms with van der Waals surface area (Å²) in [5, 5.41) is 5.56. The number of halogens is 3. The second-order valence-electron chi connectivity index (χ2n) is 4.50. The first-order valence-corrected chi connectivity index (χ1v) is 7.53. The standard InChI is InChI=1S/C15H13F2IN2O3/c1-22-15(23-2)13-9(16)4-6-12(20-21)14(13)19-11-5-3-8(18)7-10(11)17/h3-7,15,19H,1-2H3. The molecule has 1 N–H and O–H groups in total. The van der Waals surface area contributed by atoms with E-state index in [1.165, 1.54) is 32.4 Å². The van der Waals surface area contributed by atoms with Gasteiger partial charge in [0.15, 0.2) is 6.29 Å². The number of rotatable bonds is 6. The topological polar surface area (TPSA) is 59.9 Å². The lowest BCUT2D eigenvalue weighted by atomic mass is 10.1. The number of ether oxygens (including phenoxy) is 2. The molecular weight excluding hydrogens is 421 g/mol. The van der Waals surface area contributed by atoms with E-state index in [0.717, 1.165) is 6.07 Å². The first-order chi connectivity index (χ1) is 11.0. The fourth-order valence-electron chi connectivity index (χ4n) is 2.08. The summed E-state index contributed by atoms with van der Waals surface area (Å²) >= 11 is 1.97. The summed E-state index contributed by atoms with van der Waals surface area (Å²) in [6, 6.07) is 6.73. The summed E-state index contributed by atoms with van der Waals surface area (Å²) in [6.07, 6.45) is -1.08. The van der Waals surface area contributed by atoms with Crippen molar-refractivity contribution in [2.45, 2.75) is 6.29 Å². The van der Waals surface area contributed by atoms with Crippen LogP contribution in [-0.4, -0.2) is 14.2 Å². The first kappa shape index (κ1) is 17.7. The molecule has 0 atom stereocenters. The van der Waals surface area contributed by atoms with Crippen LogP contribution in [0.2, 0.25) is 0 Å². The van der Waals surface area contributed by atoms with Crippen LogP contribution in [0.25, 0.3) is 0 Å². The third-order valence-corrected chi connectivity index (χ3v) is 3.79. The molecule has 0 heterocycles. The van der Waals surface area contributed by atoms with Gasteiger partial charge in [-0.15, -0.1) is 4.91 Å². The number of benzene rings is 2. The van der Waals surface area contributed by atoms with Crippen molar-refractivity contribution in [2.24, 2.45) is 5.18 Å². The molecule has 0 saturated carbocycles. The third kappa shape index (κ3) is 3.82. The maximum atomic E-state index is 14.2. The van der Waals surface area contributed by atoms with Gasteiger partial charge >= 0.3 is 0 Å². The highest BCUT2D eigenvalue weighted by Gasteiger charge is 2.23. The number of nitrogens with zero attached hydrogens (tertiary/aromatic N) is 1. The summed E-state index contributed by atoms with van der Waals surface area (Å²) in [5.41, 5.74) is -0.0783. The zero-order valence-electron chi connectivity index (χ0n) is 12.3. The van der Waals surface area contributed by atoms with Gasteiger partial charge in [-0.1, -0.05) is 0 Å². The Balaban J connectivity index is 2.58. The van der Waals surface area contributed by atoms with Crippen LogP contribution in [0.5, 0.6) is 0 Å². The van der Waals surface area contributed by atoms with E-state index < -0.39 is 17.9 Å². The molecule has 0 unspecified atom stereocenters. The van der Waals surface area contributed by atoms with E-state index >= 15 is 0 Å². The molecule has 0 aliphatic heterocycles. The molecule has 8 heteroatoms. The smallest absolute Gasteiger partial charge is 0.188 e. The maximum absolute atomic E-state index is 14.2. The third-order valence-electron chi connectivity index (χ3n) is 3.12. The molecular formula is C15H13F2IN2O3. The Kier molecular flexibility index (Phi) is 5.97. The van der Waals surface area contributed by atoms with Crippen molar-refractivity contribution in [3.05, 3.63) is 56.0 Å². The van der Waals surface area contributed by atoms with Gasteiger partial charge in [0.05, 0.1) is 16.9 Å². The molecule has 0 fully saturated rings. The molecule has 0 aliphatic carbocycles. The Hall–Kier alpha value is -1.65. The van der Waals surface area contributed by atoms with Crippen molar-refractivity contribution >= 4 is 39.7 Å². The van der Waals surface area contributed by atoms with E-state index in [1.807, 2.05) is 22.6 Å². The largest absolute Gasteiger partial charge is 0.351 e. The normalized spacial score (nSPS) is 10.9. The summed E-state index contributed by atoms with van der Waals surface area (Å²) in [6.45, 7) is 0. The van der Waals surface area contributed by atoms with Gasteiger partial charge in [-0.3, -0.25) is 0 Å². The van der Waals surface area contributed by atoms with Crippen molar-refractivity contribution < 1.29 is 18.3 Å². The lowest BCUT2D eigenvalue weighted by molar-refractivity contribution is -0.107. The average molecular weight is 434 g/mol. The molecule has 0 saturated heterocycles. The van der Waals surface area contributed by atoms with E-state index in [2.05, 4.69) is 10.5 Å². The van der Waals surface area contributed by atoms with Crippen molar-refractivity contribution in [2.75, 3.05) is 19.5 Å². The summed E-state index contributed by atoms with van der Waals surface area (Å²) in [4.78, 5) is 11.0. The number of hydrogen-bond donors (Lipinski definition) is 1. The number of hydrogen-bond acceptors (Lipinski definition) is 5. The summed E-state index contributed by atoms with van der Waals surface area (Å²) < 4.78 is 39.1. The monoisotopic (exact) mass is 434 g/mol. The Bertz CT molecular complexity index is 724. The fraction of sp³-hybridized carbons (Fsp3) is 0.200. The zero-order chi connectivity index (χ0) is 17.0.